The van der Waals surface area contributed by atoms with E-state index in [0.29, 0.717) is 0 Å². The van der Waals surface area contributed by atoms with Crippen molar-refractivity contribution in [1.82, 2.24) is 5.32 Å². The van der Waals surface area contributed by atoms with Gasteiger partial charge in [0.15, 0.2) is 0 Å². The zero-order valence-electron chi connectivity index (χ0n) is 11.4. The molecule has 3 nitrogen and oxygen atoms in total. The van der Waals surface area contributed by atoms with Gasteiger partial charge in [-0.3, -0.25) is 0 Å². The molecule has 0 aliphatic heterocycles. The van der Waals surface area contributed by atoms with Crippen LogP contribution in [0.3, 0.4) is 0 Å². The summed E-state index contributed by atoms with van der Waals surface area (Å²) in [6.07, 6.45) is 0.453. The fourth-order valence-electron chi connectivity index (χ4n) is 1.88. The SMILES string of the molecule is CCNCc1cccc(Cl)c1N(C)CCC(C)O. The van der Waals surface area contributed by atoms with E-state index in [1.165, 1.54) is 5.56 Å². The quantitative estimate of drug-likeness (QED) is 0.800. The Kier molecular flexibility index (Phi) is 6.47. The molecule has 1 unspecified atom stereocenters. The third-order valence-corrected chi connectivity index (χ3v) is 3.20. The summed E-state index contributed by atoms with van der Waals surface area (Å²) in [5, 5.41) is 13.4. The number of hydrogen-bond acceptors (Lipinski definition) is 3. The summed E-state index contributed by atoms with van der Waals surface area (Å²) in [4.78, 5) is 2.11. The van der Waals surface area contributed by atoms with Crippen molar-refractivity contribution in [2.45, 2.75) is 32.9 Å². The highest BCUT2D eigenvalue weighted by Gasteiger charge is 2.11. The van der Waals surface area contributed by atoms with Crippen LogP contribution in [0.4, 0.5) is 5.69 Å². The van der Waals surface area contributed by atoms with E-state index in [1.54, 1.807) is 6.92 Å². The van der Waals surface area contributed by atoms with E-state index in [2.05, 4.69) is 23.2 Å². The number of aliphatic hydroxyl groups is 1. The van der Waals surface area contributed by atoms with Gasteiger partial charge in [-0.1, -0.05) is 30.7 Å². The van der Waals surface area contributed by atoms with Gasteiger partial charge < -0.3 is 15.3 Å². The van der Waals surface area contributed by atoms with Gasteiger partial charge in [-0.2, -0.15) is 0 Å². The number of anilines is 1. The lowest BCUT2D eigenvalue weighted by atomic mass is 10.1. The molecule has 0 aromatic heterocycles. The molecular formula is C14H23ClN2O. The highest BCUT2D eigenvalue weighted by molar-refractivity contribution is 6.33. The Hall–Kier alpha value is -0.770. The summed E-state index contributed by atoms with van der Waals surface area (Å²) in [7, 11) is 2.01. The Bertz CT molecular complexity index is 369. The van der Waals surface area contributed by atoms with Crippen LogP contribution in [0.25, 0.3) is 0 Å². The lowest BCUT2D eigenvalue weighted by Gasteiger charge is -2.24. The first-order valence-electron chi connectivity index (χ1n) is 6.43. The third kappa shape index (κ3) is 4.48. The summed E-state index contributed by atoms with van der Waals surface area (Å²) in [6.45, 7) is 6.43. The summed E-state index contributed by atoms with van der Waals surface area (Å²) >= 11 is 6.29. The van der Waals surface area contributed by atoms with E-state index in [-0.39, 0.29) is 6.10 Å². The number of rotatable bonds is 7. The molecule has 2 N–H and O–H groups in total. The molecule has 0 bridgehead atoms. The van der Waals surface area contributed by atoms with E-state index >= 15 is 0 Å². The van der Waals surface area contributed by atoms with E-state index in [1.807, 2.05) is 19.2 Å². The molecule has 4 heteroatoms. The Morgan fingerprint density at radius 3 is 2.78 bits per heavy atom. The van der Waals surface area contributed by atoms with Crippen LogP contribution in [-0.4, -0.2) is 31.3 Å². The van der Waals surface area contributed by atoms with Crippen molar-refractivity contribution < 1.29 is 5.11 Å². The molecule has 0 amide bonds. The van der Waals surface area contributed by atoms with Crippen molar-refractivity contribution >= 4 is 17.3 Å². The molecule has 0 aliphatic rings. The smallest absolute Gasteiger partial charge is 0.0642 e. The lowest BCUT2D eigenvalue weighted by Crippen LogP contribution is -2.24. The Labute approximate surface area is 115 Å². The molecular weight excluding hydrogens is 248 g/mol. The average Bonchev–Trinajstić information content (AvgIpc) is 2.33. The normalized spacial score (nSPS) is 12.5. The molecule has 1 atom stereocenters. The second-order valence-electron chi connectivity index (χ2n) is 4.59. The van der Waals surface area contributed by atoms with Crippen molar-refractivity contribution in [1.29, 1.82) is 0 Å². The number of nitrogens with zero attached hydrogens (tertiary/aromatic N) is 1. The van der Waals surface area contributed by atoms with Gasteiger partial charge in [0.2, 0.25) is 0 Å². The number of para-hydroxylation sites is 1. The van der Waals surface area contributed by atoms with Gasteiger partial charge in [0.05, 0.1) is 16.8 Å². The predicted molar refractivity (Wildman–Crippen MR) is 78.4 cm³/mol. The van der Waals surface area contributed by atoms with Crippen molar-refractivity contribution in [3.8, 4) is 0 Å². The molecule has 1 rings (SSSR count). The molecule has 0 fully saturated rings. The maximum atomic E-state index is 9.36. The van der Waals surface area contributed by atoms with E-state index in [9.17, 15) is 5.11 Å². The van der Waals surface area contributed by atoms with Crippen LogP contribution < -0.4 is 10.2 Å². The first-order valence-corrected chi connectivity index (χ1v) is 6.81. The molecule has 1 aromatic rings. The highest BCUT2D eigenvalue weighted by atomic mass is 35.5. The van der Waals surface area contributed by atoms with E-state index in [0.717, 1.165) is 36.8 Å². The summed E-state index contributed by atoms with van der Waals surface area (Å²) in [5.41, 5.74) is 2.25. The van der Waals surface area contributed by atoms with Gasteiger partial charge in [0.25, 0.3) is 0 Å². The van der Waals surface area contributed by atoms with Crippen molar-refractivity contribution in [2.75, 3.05) is 25.0 Å². The number of nitrogens with one attached hydrogen (secondary N) is 1. The molecule has 0 saturated heterocycles. The zero-order valence-corrected chi connectivity index (χ0v) is 12.2. The van der Waals surface area contributed by atoms with Crippen molar-refractivity contribution in [3.63, 3.8) is 0 Å². The standard InChI is InChI=1S/C14H23ClN2O/c1-4-16-10-12-6-5-7-13(15)14(12)17(3)9-8-11(2)18/h5-7,11,16,18H,4,8-10H2,1-3H3. The summed E-state index contributed by atoms with van der Waals surface area (Å²) < 4.78 is 0. The van der Waals surface area contributed by atoms with Gasteiger partial charge in [0, 0.05) is 20.1 Å². The van der Waals surface area contributed by atoms with Crippen molar-refractivity contribution in [2.24, 2.45) is 0 Å². The maximum Gasteiger partial charge on any atom is 0.0642 e. The van der Waals surface area contributed by atoms with Gasteiger partial charge in [-0.05, 0) is 31.5 Å². The molecule has 0 aliphatic carbocycles. The first-order chi connectivity index (χ1) is 8.56. The molecule has 1 aromatic carbocycles. The maximum absolute atomic E-state index is 9.36. The Balaban J connectivity index is 2.83. The molecule has 0 radical (unpaired) electrons. The Morgan fingerprint density at radius 2 is 2.17 bits per heavy atom. The van der Waals surface area contributed by atoms with E-state index in [4.69, 9.17) is 11.6 Å². The molecule has 18 heavy (non-hydrogen) atoms. The Morgan fingerprint density at radius 1 is 1.44 bits per heavy atom. The number of benzene rings is 1. The topological polar surface area (TPSA) is 35.5 Å². The molecule has 0 saturated carbocycles. The lowest BCUT2D eigenvalue weighted by molar-refractivity contribution is 0.187. The van der Waals surface area contributed by atoms with Crippen LogP contribution in [-0.2, 0) is 6.54 Å². The highest BCUT2D eigenvalue weighted by Crippen LogP contribution is 2.29. The largest absolute Gasteiger partial charge is 0.393 e. The minimum atomic E-state index is -0.285. The number of hydrogen-bond donors (Lipinski definition) is 2. The number of halogens is 1. The molecule has 102 valence electrons. The van der Waals surface area contributed by atoms with Gasteiger partial charge in [0.1, 0.15) is 0 Å². The van der Waals surface area contributed by atoms with Crippen molar-refractivity contribution in [3.05, 3.63) is 28.8 Å². The fourth-order valence-corrected chi connectivity index (χ4v) is 2.22. The minimum absolute atomic E-state index is 0.285. The average molecular weight is 271 g/mol. The second-order valence-corrected chi connectivity index (χ2v) is 4.99. The number of aliphatic hydroxyl groups excluding tert-OH is 1. The third-order valence-electron chi connectivity index (χ3n) is 2.90. The van der Waals surface area contributed by atoms with Crippen LogP contribution in [0.2, 0.25) is 5.02 Å². The predicted octanol–water partition coefficient (Wildman–Crippen LogP) is 2.66. The van der Waals surface area contributed by atoms with E-state index < -0.39 is 0 Å². The van der Waals surface area contributed by atoms with Crippen LogP contribution in [0.5, 0.6) is 0 Å². The van der Waals surface area contributed by atoms with Crippen LogP contribution in [0, 0.1) is 0 Å². The molecule has 0 spiro atoms. The minimum Gasteiger partial charge on any atom is -0.393 e. The second kappa shape index (κ2) is 7.62. The summed E-state index contributed by atoms with van der Waals surface area (Å²) in [5.74, 6) is 0. The summed E-state index contributed by atoms with van der Waals surface area (Å²) in [6, 6.07) is 5.97. The van der Waals surface area contributed by atoms with Crippen LogP contribution in [0.15, 0.2) is 18.2 Å². The first kappa shape index (κ1) is 15.3. The van der Waals surface area contributed by atoms with Crippen LogP contribution in [0.1, 0.15) is 25.8 Å². The zero-order chi connectivity index (χ0) is 13.5. The van der Waals surface area contributed by atoms with Crippen LogP contribution >= 0.6 is 11.6 Å². The monoisotopic (exact) mass is 270 g/mol. The van der Waals surface area contributed by atoms with Gasteiger partial charge in [-0.15, -0.1) is 0 Å². The fraction of sp³-hybridized carbons (Fsp3) is 0.571. The molecule has 0 heterocycles. The van der Waals surface area contributed by atoms with Gasteiger partial charge >= 0.3 is 0 Å². The van der Waals surface area contributed by atoms with Gasteiger partial charge in [-0.25, -0.2) is 0 Å².